The minimum absolute atomic E-state index is 0.0513. The normalized spacial score (nSPS) is 16.0. The molecule has 1 fully saturated rings. The van der Waals surface area contributed by atoms with E-state index in [-0.39, 0.29) is 18.6 Å². The van der Waals surface area contributed by atoms with Gasteiger partial charge >= 0.3 is 0 Å². The van der Waals surface area contributed by atoms with Crippen molar-refractivity contribution >= 4 is 5.91 Å². The van der Waals surface area contributed by atoms with Crippen LogP contribution in [-0.4, -0.2) is 63.8 Å². The van der Waals surface area contributed by atoms with Gasteiger partial charge in [0.1, 0.15) is 11.5 Å². The maximum Gasteiger partial charge on any atom is 0.251 e. The number of carbonyl (C=O) groups excluding carboxylic acids is 1. The third-order valence-electron chi connectivity index (χ3n) is 4.37. The molecule has 3 rings (SSSR count). The highest BCUT2D eigenvalue weighted by Crippen LogP contribution is 2.25. The van der Waals surface area contributed by atoms with Gasteiger partial charge in [0.25, 0.3) is 5.89 Å². The predicted molar refractivity (Wildman–Crippen MR) is 89.6 cm³/mol. The molecule has 0 bridgehead atoms. The van der Waals surface area contributed by atoms with Gasteiger partial charge < -0.3 is 18.8 Å². The van der Waals surface area contributed by atoms with Gasteiger partial charge in [0.05, 0.1) is 24.8 Å². The number of nitrogens with zero attached hydrogens (tertiary/aromatic N) is 4. The van der Waals surface area contributed by atoms with Crippen molar-refractivity contribution in [2.75, 3.05) is 26.7 Å². The third kappa shape index (κ3) is 4.26. The molecule has 25 heavy (non-hydrogen) atoms. The molecule has 1 aliphatic rings. The topological polar surface area (TPSA) is 95.8 Å². The highest BCUT2D eigenvalue weighted by molar-refractivity contribution is 5.78. The fraction of sp³-hybridized carbons (Fsp3) is 0.588. The van der Waals surface area contributed by atoms with E-state index in [1.54, 1.807) is 4.90 Å². The quantitative estimate of drug-likeness (QED) is 0.871. The van der Waals surface area contributed by atoms with Gasteiger partial charge in [0.15, 0.2) is 0 Å². The van der Waals surface area contributed by atoms with E-state index in [9.17, 15) is 9.90 Å². The second kappa shape index (κ2) is 7.37. The number of likely N-dealkylation sites (N-methyl/N-ethyl adjacent to an activating group) is 1. The summed E-state index contributed by atoms with van der Waals surface area (Å²) in [6.07, 6.45) is 1.01. The van der Waals surface area contributed by atoms with Gasteiger partial charge in [-0.2, -0.15) is 0 Å². The summed E-state index contributed by atoms with van der Waals surface area (Å²) in [6.45, 7) is 5.61. The lowest BCUT2D eigenvalue weighted by Gasteiger charge is -2.30. The number of aliphatic hydroxyl groups excluding tert-OH is 1. The average Bonchev–Trinajstić information content (AvgIpc) is 3.13. The molecule has 2 aromatic heterocycles. The zero-order chi connectivity index (χ0) is 18.0. The first-order valence-electron chi connectivity index (χ1n) is 8.46. The summed E-state index contributed by atoms with van der Waals surface area (Å²) in [5.74, 6) is 2.47. The van der Waals surface area contributed by atoms with E-state index >= 15 is 0 Å². The highest BCUT2D eigenvalue weighted by atomic mass is 16.4. The fourth-order valence-corrected chi connectivity index (χ4v) is 3.00. The van der Waals surface area contributed by atoms with Crippen LogP contribution in [0.15, 0.2) is 14.9 Å². The van der Waals surface area contributed by atoms with E-state index in [4.69, 9.17) is 8.83 Å². The van der Waals surface area contributed by atoms with Gasteiger partial charge in [-0.3, -0.25) is 9.69 Å². The number of piperidine rings is 1. The summed E-state index contributed by atoms with van der Waals surface area (Å²) in [6, 6.07) is 1.87. The largest absolute Gasteiger partial charge is 0.466 e. The first-order valence-corrected chi connectivity index (χ1v) is 8.46. The Hall–Kier alpha value is -2.19. The van der Waals surface area contributed by atoms with Crippen molar-refractivity contribution in [3.8, 4) is 11.5 Å². The van der Waals surface area contributed by atoms with Crippen LogP contribution in [0.1, 0.15) is 30.3 Å². The molecule has 0 atom stereocenters. The third-order valence-corrected chi connectivity index (χ3v) is 4.37. The summed E-state index contributed by atoms with van der Waals surface area (Å²) in [5.41, 5.74) is 0.793. The standard InChI is InChI=1S/C17H24N4O4/c1-11-8-14(12(2)24-11)17-19-18-15(25-17)9-20(3)10-16(23)21-6-4-13(22)5-7-21/h8,13,22H,4-7,9-10H2,1-3H3. The number of rotatable bonds is 5. The molecular weight excluding hydrogens is 324 g/mol. The smallest absolute Gasteiger partial charge is 0.251 e. The zero-order valence-electron chi connectivity index (χ0n) is 14.9. The maximum atomic E-state index is 12.3. The molecular formula is C17H24N4O4. The molecule has 2 aromatic rings. The second-order valence-electron chi connectivity index (χ2n) is 6.61. The molecule has 1 N–H and O–H groups in total. The average molecular weight is 348 g/mol. The van der Waals surface area contributed by atoms with Gasteiger partial charge in [0, 0.05) is 13.1 Å². The molecule has 3 heterocycles. The number of likely N-dealkylation sites (tertiary alicyclic amines) is 1. The minimum Gasteiger partial charge on any atom is -0.466 e. The van der Waals surface area contributed by atoms with Crippen LogP contribution in [0.5, 0.6) is 0 Å². The summed E-state index contributed by atoms with van der Waals surface area (Å²) < 4.78 is 11.2. The second-order valence-corrected chi connectivity index (χ2v) is 6.61. The first kappa shape index (κ1) is 17.6. The van der Waals surface area contributed by atoms with Crippen LogP contribution in [0.4, 0.5) is 0 Å². The lowest BCUT2D eigenvalue weighted by molar-refractivity contribution is -0.134. The molecule has 1 saturated heterocycles. The molecule has 8 nitrogen and oxygen atoms in total. The van der Waals surface area contributed by atoms with E-state index in [1.165, 1.54) is 0 Å². The van der Waals surface area contributed by atoms with Crippen molar-refractivity contribution in [3.05, 3.63) is 23.5 Å². The van der Waals surface area contributed by atoms with Gasteiger partial charge in [-0.15, -0.1) is 10.2 Å². The number of aliphatic hydroxyl groups is 1. The van der Waals surface area contributed by atoms with E-state index in [0.717, 1.165) is 17.1 Å². The zero-order valence-corrected chi connectivity index (χ0v) is 14.9. The number of aromatic nitrogens is 2. The van der Waals surface area contributed by atoms with Crippen LogP contribution in [0.25, 0.3) is 11.5 Å². The molecule has 0 radical (unpaired) electrons. The van der Waals surface area contributed by atoms with Crippen molar-refractivity contribution in [3.63, 3.8) is 0 Å². The molecule has 0 saturated carbocycles. The van der Waals surface area contributed by atoms with Crippen molar-refractivity contribution in [2.24, 2.45) is 0 Å². The summed E-state index contributed by atoms with van der Waals surface area (Å²) in [4.78, 5) is 15.9. The Morgan fingerprint density at radius 3 is 2.68 bits per heavy atom. The van der Waals surface area contributed by atoms with Gasteiger partial charge in [0.2, 0.25) is 11.8 Å². The lowest BCUT2D eigenvalue weighted by atomic mass is 10.1. The molecule has 1 aliphatic heterocycles. The van der Waals surface area contributed by atoms with Gasteiger partial charge in [-0.1, -0.05) is 0 Å². The Kier molecular flexibility index (Phi) is 5.19. The SMILES string of the molecule is Cc1cc(-c2nnc(CN(C)CC(=O)N3CCC(O)CC3)o2)c(C)o1. The van der Waals surface area contributed by atoms with Crippen LogP contribution in [-0.2, 0) is 11.3 Å². The number of amides is 1. The fourth-order valence-electron chi connectivity index (χ4n) is 3.00. The Balaban J connectivity index is 1.55. The van der Waals surface area contributed by atoms with Crippen molar-refractivity contribution < 1.29 is 18.7 Å². The molecule has 0 aromatic carbocycles. The molecule has 136 valence electrons. The van der Waals surface area contributed by atoms with Crippen LogP contribution < -0.4 is 0 Å². The van der Waals surface area contributed by atoms with Crippen molar-refractivity contribution in [1.82, 2.24) is 20.0 Å². The lowest BCUT2D eigenvalue weighted by Crippen LogP contribution is -2.44. The number of aryl methyl sites for hydroxylation is 2. The number of carbonyl (C=O) groups is 1. The highest BCUT2D eigenvalue weighted by Gasteiger charge is 2.23. The minimum atomic E-state index is -0.284. The van der Waals surface area contributed by atoms with Gasteiger partial charge in [-0.05, 0) is 39.8 Å². The van der Waals surface area contributed by atoms with Crippen LogP contribution in [0, 0.1) is 13.8 Å². The Morgan fingerprint density at radius 1 is 1.32 bits per heavy atom. The summed E-state index contributed by atoms with van der Waals surface area (Å²) in [5, 5.41) is 17.6. The van der Waals surface area contributed by atoms with Crippen LogP contribution >= 0.6 is 0 Å². The molecule has 1 amide bonds. The number of hydrogen-bond donors (Lipinski definition) is 1. The van der Waals surface area contributed by atoms with E-state index in [1.807, 2.05) is 31.9 Å². The number of furan rings is 1. The van der Waals surface area contributed by atoms with E-state index in [2.05, 4.69) is 10.2 Å². The number of hydrogen-bond acceptors (Lipinski definition) is 7. The predicted octanol–water partition coefficient (Wildman–Crippen LogP) is 1.36. The van der Waals surface area contributed by atoms with E-state index < -0.39 is 0 Å². The monoisotopic (exact) mass is 348 g/mol. The van der Waals surface area contributed by atoms with Crippen LogP contribution in [0.2, 0.25) is 0 Å². The Morgan fingerprint density at radius 2 is 2.04 bits per heavy atom. The molecule has 0 aliphatic carbocycles. The van der Waals surface area contributed by atoms with E-state index in [0.29, 0.717) is 44.3 Å². The maximum absolute atomic E-state index is 12.3. The summed E-state index contributed by atoms with van der Waals surface area (Å²) in [7, 11) is 1.84. The molecule has 8 heteroatoms. The molecule has 0 spiro atoms. The first-order chi connectivity index (χ1) is 11.9. The Bertz CT molecular complexity index is 731. The van der Waals surface area contributed by atoms with Gasteiger partial charge in [-0.25, -0.2) is 0 Å². The van der Waals surface area contributed by atoms with Crippen LogP contribution in [0.3, 0.4) is 0 Å². The van der Waals surface area contributed by atoms with Crippen molar-refractivity contribution in [2.45, 2.75) is 39.3 Å². The molecule has 0 unspecified atom stereocenters. The van der Waals surface area contributed by atoms with Crippen molar-refractivity contribution in [1.29, 1.82) is 0 Å². The Labute approximate surface area is 146 Å². The summed E-state index contributed by atoms with van der Waals surface area (Å²) >= 11 is 0.